The van der Waals surface area contributed by atoms with Crippen LogP contribution in [0.25, 0.3) is 0 Å². The quantitative estimate of drug-likeness (QED) is 0.550. The molecule has 0 rings (SSSR count). The van der Waals surface area contributed by atoms with Gasteiger partial charge in [0.2, 0.25) is 0 Å². The van der Waals surface area contributed by atoms with Crippen LogP contribution in [0.5, 0.6) is 0 Å². The number of hydrogen-bond donors (Lipinski definition) is 0. The normalized spacial score (nSPS) is 10.1. The van der Waals surface area contributed by atoms with Gasteiger partial charge in [0.15, 0.2) is 0 Å². The van der Waals surface area contributed by atoms with Gasteiger partial charge in [-0.3, -0.25) is 4.90 Å². The Kier molecular flexibility index (Phi) is 5.40. The Bertz CT molecular complexity index is 149. The van der Waals surface area contributed by atoms with Crippen molar-refractivity contribution in [1.82, 2.24) is 4.90 Å². The third-order valence-corrected chi connectivity index (χ3v) is 1.55. The Labute approximate surface area is 67.6 Å². The van der Waals surface area contributed by atoms with Crippen LogP contribution < -0.4 is 0 Å². The van der Waals surface area contributed by atoms with Crippen LogP contribution in [0.3, 0.4) is 0 Å². The van der Waals surface area contributed by atoms with Crippen molar-refractivity contribution >= 4 is 6.29 Å². The molecule has 0 saturated heterocycles. The topological polar surface area (TPSA) is 44.1 Å². The van der Waals surface area contributed by atoms with E-state index in [2.05, 4.69) is 6.07 Å². The molecule has 0 fully saturated rings. The van der Waals surface area contributed by atoms with E-state index in [0.29, 0.717) is 25.6 Å². The van der Waals surface area contributed by atoms with Crippen LogP contribution in [0, 0.1) is 11.3 Å². The maximum atomic E-state index is 10.2. The summed E-state index contributed by atoms with van der Waals surface area (Å²) in [4.78, 5) is 12.1. The fraction of sp³-hybridized carbons (Fsp3) is 0.750. The van der Waals surface area contributed by atoms with Crippen LogP contribution in [0.15, 0.2) is 0 Å². The first-order chi connectivity index (χ1) is 5.22. The predicted octanol–water partition coefficient (Wildman–Crippen LogP) is 0.809. The van der Waals surface area contributed by atoms with E-state index in [0.717, 1.165) is 6.29 Å². The zero-order chi connectivity index (χ0) is 8.69. The van der Waals surface area contributed by atoms with E-state index in [1.54, 1.807) is 0 Å². The van der Waals surface area contributed by atoms with Crippen molar-refractivity contribution < 1.29 is 4.79 Å². The number of aldehydes is 1. The Hall–Kier alpha value is -0.880. The predicted molar refractivity (Wildman–Crippen MR) is 43.0 cm³/mol. The Morgan fingerprint density at radius 3 is 2.64 bits per heavy atom. The molecule has 0 N–H and O–H groups in total. The summed E-state index contributed by atoms with van der Waals surface area (Å²) >= 11 is 0. The molecule has 62 valence electrons. The zero-order valence-electron chi connectivity index (χ0n) is 7.08. The van der Waals surface area contributed by atoms with Gasteiger partial charge < -0.3 is 4.79 Å². The van der Waals surface area contributed by atoms with E-state index < -0.39 is 0 Å². The molecule has 0 radical (unpaired) electrons. The van der Waals surface area contributed by atoms with Crippen LogP contribution in [-0.2, 0) is 4.79 Å². The average molecular weight is 154 g/mol. The SMILES string of the molecule is CC(C)N(CC=O)CCC#N. The lowest BCUT2D eigenvalue weighted by atomic mass is 10.3. The molecule has 0 heterocycles. The minimum Gasteiger partial charge on any atom is -0.302 e. The molecule has 0 saturated carbocycles. The summed E-state index contributed by atoms with van der Waals surface area (Å²) in [7, 11) is 0. The minimum absolute atomic E-state index is 0.341. The Morgan fingerprint density at radius 1 is 1.64 bits per heavy atom. The van der Waals surface area contributed by atoms with Crippen molar-refractivity contribution in [1.29, 1.82) is 5.26 Å². The van der Waals surface area contributed by atoms with Crippen LogP contribution in [-0.4, -0.2) is 30.3 Å². The van der Waals surface area contributed by atoms with Crippen molar-refractivity contribution in [2.45, 2.75) is 26.3 Å². The number of nitriles is 1. The first-order valence-corrected chi connectivity index (χ1v) is 3.77. The summed E-state index contributed by atoms with van der Waals surface area (Å²) in [6, 6.07) is 2.40. The molecule has 0 aromatic heterocycles. The van der Waals surface area contributed by atoms with E-state index in [1.807, 2.05) is 18.7 Å². The van der Waals surface area contributed by atoms with Gasteiger partial charge in [-0.2, -0.15) is 5.26 Å². The van der Waals surface area contributed by atoms with E-state index in [4.69, 9.17) is 5.26 Å². The van der Waals surface area contributed by atoms with Crippen molar-refractivity contribution in [2.24, 2.45) is 0 Å². The summed E-state index contributed by atoms with van der Waals surface area (Å²) < 4.78 is 0. The van der Waals surface area contributed by atoms with E-state index in [9.17, 15) is 4.79 Å². The van der Waals surface area contributed by atoms with Gasteiger partial charge >= 0.3 is 0 Å². The molecule has 0 aromatic carbocycles. The lowest BCUT2D eigenvalue weighted by Crippen LogP contribution is -2.33. The third kappa shape index (κ3) is 4.51. The molecule has 0 amide bonds. The first-order valence-electron chi connectivity index (χ1n) is 3.77. The second kappa shape index (κ2) is 5.87. The van der Waals surface area contributed by atoms with Crippen LogP contribution in [0.4, 0.5) is 0 Å². The van der Waals surface area contributed by atoms with Crippen LogP contribution in [0.2, 0.25) is 0 Å². The van der Waals surface area contributed by atoms with Gasteiger partial charge in [-0.1, -0.05) is 0 Å². The molecule has 3 heteroatoms. The lowest BCUT2D eigenvalue weighted by molar-refractivity contribution is -0.109. The molecule has 0 aliphatic heterocycles. The maximum Gasteiger partial charge on any atom is 0.133 e. The van der Waals surface area contributed by atoms with Gasteiger partial charge in [0.25, 0.3) is 0 Å². The Balaban J connectivity index is 3.70. The molecule has 0 bridgehead atoms. The molecular weight excluding hydrogens is 140 g/mol. The fourth-order valence-corrected chi connectivity index (χ4v) is 0.850. The molecule has 0 spiro atoms. The molecule has 0 aromatic rings. The lowest BCUT2D eigenvalue weighted by Gasteiger charge is -2.22. The first kappa shape index (κ1) is 10.1. The van der Waals surface area contributed by atoms with Crippen LogP contribution >= 0.6 is 0 Å². The number of rotatable bonds is 5. The summed E-state index contributed by atoms with van der Waals surface area (Å²) in [5.41, 5.74) is 0. The number of hydrogen-bond acceptors (Lipinski definition) is 3. The minimum atomic E-state index is 0.341. The standard InChI is InChI=1S/C8H14N2O/c1-8(2)10(6-7-11)5-3-4-9/h7-8H,3,5-6H2,1-2H3. The Morgan fingerprint density at radius 2 is 2.27 bits per heavy atom. The number of carbonyl (C=O) groups is 1. The summed E-state index contributed by atoms with van der Waals surface area (Å²) in [5, 5.41) is 8.30. The monoisotopic (exact) mass is 154 g/mol. The van der Waals surface area contributed by atoms with E-state index in [1.165, 1.54) is 0 Å². The van der Waals surface area contributed by atoms with Gasteiger partial charge in [0.05, 0.1) is 12.6 Å². The molecular formula is C8H14N2O. The highest BCUT2D eigenvalue weighted by atomic mass is 16.1. The smallest absolute Gasteiger partial charge is 0.133 e. The average Bonchev–Trinajstić information content (AvgIpc) is 1.97. The molecule has 0 atom stereocenters. The highest BCUT2D eigenvalue weighted by molar-refractivity contribution is 5.52. The molecule has 0 unspecified atom stereocenters. The van der Waals surface area contributed by atoms with Gasteiger partial charge in [-0.05, 0) is 13.8 Å². The number of carbonyl (C=O) groups excluding carboxylic acids is 1. The van der Waals surface area contributed by atoms with Crippen molar-refractivity contribution in [3.05, 3.63) is 0 Å². The third-order valence-electron chi connectivity index (χ3n) is 1.55. The van der Waals surface area contributed by atoms with E-state index in [-0.39, 0.29) is 0 Å². The van der Waals surface area contributed by atoms with Gasteiger partial charge in [0.1, 0.15) is 6.29 Å². The largest absolute Gasteiger partial charge is 0.302 e. The molecule has 11 heavy (non-hydrogen) atoms. The van der Waals surface area contributed by atoms with Crippen molar-refractivity contribution in [3.63, 3.8) is 0 Å². The second-order valence-electron chi connectivity index (χ2n) is 2.66. The maximum absolute atomic E-state index is 10.2. The van der Waals surface area contributed by atoms with Crippen molar-refractivity contribution in [3.8, 4) is 6.07 Å². The number of nitrogens with zero attached hydrogens (tertiary/aromatic N) is 2. The van der Waals surface area contributed by atoms with Crippen molar-refractivity contribution in [2.75, 3.05) is 13.1 Å². The summed E-state index contributed by atoms with van der Waals surface area (Å²) in [5.74, 6) is 0. The summed E-state index contributed by atoms with van der Waals surface area (Å²) in [6.07, 6.45) is 1.36. The fourth-order valence-electron chi connectivity index (χ4n) is 0.850. The van der Waals surface area contributed by atoms with E-state index >= 15 is 0 Å². The second-order valence-corrected chi connectivity index (χ2v) is 2.66. The molecule has 0 aliphatic rings. The highest BCUT2D eigenvalue weighted by Gasteiger charge is 2.06. The zero-order valence-corrected chi connectivity index (χ0v) is 7.08. The highest BCUT2D eigenvalue weighted by Crippen LogP contribution is 1.96. The van der Waals surface area contributed by atoms with Crippen LogP contribution in [0.1, 0.15) is 20.3 Å². The summed E-state index contributed by atoms with van der Waals surface area (Å²) in [6.45, 7) is 5.15. The van der Waals surface area contributed by atoms with Gasteiger partial charge in [-0.15, -0.1) is 0 Å². The molecule has 0 aliphatic carbocycles. The molecule has 3 nitrogen and oxygen atoms in total. The van der Waals surface area contributed by atoms with Gasteiger partial charge in [-0.25, -0.2) is 0 Å². The van der Waals surface area contributed by atoms with Gasteiger partial charge in [0, 0.05) is 19.0 Å².